The number of aliphatic hydroxyl groups is 1. The molecule has 0 aromatic heterocycles. The van der Waals surface area contributed by atoms with E-state index in [0.29, 0.717) is 36.0 Å². The average Bonchev–Trinajstić information content (AvgIpc) is 3.13. The van der Waals surface area contributed by atoms with Gasteiger partial charge in [-0.15, -0.1) is 0 Å². The molecule has 178 valence electrons. The van der Waals surface area contributed by atoms with Crippen molar-refractivity contribution in [1.82, 2.24) is 0 Å². The summed E-state index contributed by atoms with van der Waals surface area (Å²) in [6.07, 6.45) is 0. The summed E-state index contributed by atoms with van der Waals surface area (Å²) in [6, 6.07) is 19.2. The van der Waals surface area contributed by atoms with Crippen molar-refractivity contribution in [3.8, 4) is 11.5 Å². The van der Waals surface area contributed by atoms with Crippen molar-refractivity contribution in [3.05, 3.63) is 89.0 Å². The molecule has 0 aliphatic carbocycles. The third-order valence-corrected chi connectivity index (χ3v) is 6.39. The summed E-state index contributed by atoms with van der Waals surface area (Å²) < 4.78 is 11.2. The molecule has 1 unspecified atom stereocenters. The van der Waals surface area contributed by atoms with Gasteiger partial charge in [-0.25, -0.2) is 0 Å². The van der Waals surface area contributed by atoms with E-state index in [-0.39, 0.29) is 11.3 Å². The van der Waals surface area contributed by atoms with E-state index >= 15 is 0 Å². The summed E-state index contributed by atoms with van der Waals surface area (Å²) in [4.78, 5) is 30.2. The molecule has 2 aliphatic heterocycles. The molecular weight excluding hydrogens is 444 g/mol. The number of carbonyl (C=O) groups excluding carboxylic acids is 2. The molecule has 2 heterocycles. The smallest absolute Gasteiger partial charge is 0.300 e. The fourth-order valence-electron chi connectivity index (χ4n) is 4.54. The third-order valence-electron chi connectivity index (χ3n) is 6.39. The van der Waals surface area contributed by atoms with Crippen molar-refractivity contribution in [2.75, 3.05) is 37.1 Å². The maximum atomic E-state index is 13.4. The maximum Gasteiger partial charge on any atom is 0.300 e. The number of ether oxygens (including phenoxy) is 2. The fourth-order valence-corrected chi connectivity index (χ4v) is 4.54. The summed E-state index contributed by atoms with van der Waals surface area (Å²) in [5.74, 6) is -0.607. The number of fused-ring (bicyclic) bond motifs is 1. The number of aliphatic hydroxyl groups excluding tert-OH is 1. The van der Waals surface area contributed by atoms with Crippen LogP contribution in [-0.2, 0) is 9.59 Å². The van der Waals surface area contributed by atoms with Crippen LogP contribution in [0.5, 0.6) is 11.5 Å². The highest BCUT2D eigenvalue weighted by Gasteiger charge is 2.47. The van der Waals surface area contributed by atoms with Crippen LogP contribution in [0.3, 0.4) is 0 Å². The van der Waals surface area contributed by atoms with Crippen LogP contribution in [0.15, 0.2) is 72.3 Å². The first-order valence-corrected chi connectivity index (χ1v) is 11.4. The lowest BCUT2D eigenvalue weighted by molar-refractivity contribution is -0.132. The number of hydrogen-bond donors (Lipinski definition) is 1. The zero-order valence-corrected chi connectivity index (χ0v) is 19.8. The molecule has 1 atom stereocenters. The number of rotatable bonds is 4. The quantitative estimate of drug-likeness (QED) is 0.345. The number of nitrogens with zero attached hydrogens (tertiary/aromatic N) is 2. The van der Waals surface area contributed by atoms with Gasteiger partial charge in [-0.3, -0.25) is 14.5 Å². The van der Waals surface area contributed by atoms with Crippen LogP contribution in [0, 0.1) is 6.92 Å². The SMILES string of the molecule is Cc1ccccc1C1/C(=C(\O)c2ccc3c(c2)OCCO3)C(=O)C(=O)N1c1ccc(N(C)C)cc1. The molecule has 7 nitrogen and oxygen atoms in total. The van der Waals surface area contributed by atoms with E-state index < -0.39 is 17.7 Å². The van der Waals surface area contributed by atoms with Gasteiger partial charge in [0.2, 0.25) is 0 Å². The van der Waals surface area contributed by atoms with E-state index in [4.69, 9.17) is 9.47 Å². The minimum absolute atomic E-state index is 0.0395. The molecule has 0 radical (unpaired) electrons. The van der Waals surface area contributed by atoms with Crippen molar-refractivity contribution in [3.63, 3.8) is 0 Å². The van der Waals surface area contributed by atoms with Gasteiger partial charge in [-0.1, -0.05) is 24.3 Å². The normalized spacial score (nSPS) is 18.6. The second kappa shape index (κ2) is 8.83. The van der Waals surface area contributed by atoms with E-state index in [2.05, 4.69) is 0 Å². The monoisotopic (exact) mass is 470 g/mol. The molecule has 1 fully saturated rings. The highest BCUT2D eigenvalue weighted by molar-refractivity contribution is 6.51. The first-order chi connectivity index (χ1) is 16.9. The van der Waals surface area contributed by atoms with Crippen LogP contribution in [0.2, 0.25) is 0 Å². The first kappa shape index (κ1) is 22.5. The van der Waals surface area contributed by atoms with Crippen LogP contribution in [0.25, 0.3) is 5.76 Å². The van der Waals surface area contributed by atoms with Gasteiger partial charge >= 0.3 is 0 Å². The number of carbonyl (C=O) groups is 2. The largest absolute Gasteiger partial charge is 0.507 e. The maximum absolute atomic E-state index is 13.4. The molecular formula is C28H26N2O5. The minimum atomic E-state index is -0.783. The summed E-state index contributed by atoms with van der Waals surface area (Å²) >= 11 is 0. The number of ketones is 1. The van der Waals surface area contributed by atoms with Crippen LogP contribution in [0.1, 0.15) is 22.7 Å². The first-order valence-electron chi connectivity index (χ1n) is 11.4. The van der Waals surface area contributed by atoms with Crippen molar-refractivity contribution < 1.29 is 24.2 Å². The minimum Gasteiger partial charge on any atom is -0.507 e. The lowest BCUT2D eigenvalue weighted by atomic mass is 9.92. The molecule has 0 spiro atoms. The Morgan fingerprint density at radius 1 is 0.943 bits per heavy atom. The summed E-state index contributed by atoms with van der Waals surface area (Å²) in [5.41, 5.74) is 3.64. The number of amides is 1. The van der Waals surface area contributed by atoms with Crippen LogP contribution in [-0.4, -0.2) is 44.1 Å². The van der Waals surface area contributed by atoms with Gasteiger partial charge in [0.1, 0.15) is 19.0 Å². The Morgan fingerprint density at radius 3 is 2.31 bits per heavy atom. The Balaban J connectivity index is 1.68. The molecule has 3 aromatic rings. The van der Waals surface area contributed by atoms with Crippen molar-refractivity contribution in [2.24, 2.45) is 0 Å². The molecule has 0 bridgehead atoms. The van der Waals surface area contributed by atoms with Gasteiger partial charge in [0, 0.05) is 31.0 Å². The van der Waals surface area contributed by atoms with Crippen molar-refractivity contribution in [2.45, 2.75) is 13.0 Å². The molecule has 1 N–H and O–H groups in total. The summed E-state index contributed by atoms with van der Waals surface area (Å²) in [5, 5.41) is 11.4. The molecule has 7 heteroatoms. The summed E-state index contributed by atoms with van der Waals surface area (Å²) in [6.45, 7) is 2.77. The van der Waals surface area contributed by atoms with Gasteiger partial charge < -0.3 is 19.5 Å². The highest BCUT2D eigenvalue weighted by Crippen LogP contribution is 2.44. The molecule has 5 rings (SSSR count). The topological polar surface area (TPSA) is 79.3 Å². The van der Waals surface area contributed by atoms with Gasteiger partial charge in [-0.2, -0.15) is 0 Å². The van der Waals surface area contributed by atoms with E-state index in [9.17, 15) is 14.7 Å². The Morgan fingerprint density at radius 2 is 1.63 bits per heavy atom. The summed E-state index contributed by atoms with van der Waals surface area (Å²) in [7, 11) is 3.86. The molecule has 3 aromatic carbocycles. The zero-order chi connectivity index (χ0) is 24.7. The molecule has 0 saturated carbocycles. The molecule has 2 aliphatic rings. The van der Waals surface area contributed by atoms with Crippen LogP contribution < -0.4 is 19.3 Å². The zero-order valence-electron chi connectivity index (χ0n) is 19.8. The second-order valence-electron chi connectivity index (χ2n) is 8.79. The highest BCUT2D eigenvalue weighted by atomic mass is 16.6. The van der Waals surface area contributed by atoms with Gasteiger partial charge in [0.15, 0.2) is 11.5 Å². The Kier molecular flexibility index (Phi) is 5.68. The number of aryl methyl sites for hydroxylation is 1. The van der Waals surface area contributed by atoms with Crippen molar-refractivity contribution >= 4 is 28.8 Å². The van der Waals surface area contributed by atoms with Gasteiger partial charge in [0.25, 0.3) is 11.7 Å². The predicted octanol–water partition coefficient (Wildman–Crippen LogP) is 4.46. The lowest BCUT2D eigenvalue weighted by Gasteiger charge is -2.27. The Bertz CT molecular complexity index is 1340. The van der Waals surface area contributed by atoms with E-state index in [1.165, 1.54) is 4.90 Å². The average molecular weight is 471 g/mol. The molecule has 1 amide bonds. The van der Waals surface area contributed by atoms with E-state index in [1.807, 2.05) is 74.4 Å². The predicted molar refractivity (Wildman–Crippen MR) is 134 cm³/mol. The number of hydrogen-bond acceptors (Lipinski definition) is 6. The Labute approximate surface area is 203 Å². The van der Waals surface area contributed by atoms with Gasteiger partial charge in [-0.05, 0) is 60.5 Å². The molecule has 1 saturated heterocycles. The number of Topliss-reactive ketones (excluding diaryl/α,β-unsaturated/α-hetero) is 1. The molecule has 35 heavy (non-hydrogen) atoms. The van der Waals surface area contributed by atoms with Crippen LogP contribution >= 0.6 is 0 Å². The number of benzene rings is 3. The fraction of sp³-hybridized carbons (Fsp3) is 0.214. The number of anilines is 2. The van der Waals surface area contributed by atoms with E-state index in [0.717, 1.165) is 16.8 Å². The van der Waals surface area contributed by atoms with Crippen LogP contribution in [0.4, 0.5) is 11.4 Å². The third kappa shape index (κ3) is 3.89. The standard InChI is InChI=1S/C28H26N2O5/c1-17-6-4-5-7-21(17)25-24(26(31)18-8-13-22-23(16-18)35-15-14-34-22)27(32)28(33)30(25)20-11-9-19(10-12-20)29(2)3/h4-13,16,25,31H,14-15H2,1-3H3/b26-24+. The van der Waals surface area contributed by atoms with Gasteiger partial charge in [0.05, 0.1) is 11.6 Å². The van der Waals surface area contributed by atoms with E-state index in [1.54, 1.807) is 18.2 Å². The second-order valence-corrected chi connectivity index (χ2v) is 8.79. The Hall–Kier alpha value is -4.26. The lowest BCUT2D eigenvalue weighted by Crippen LogP contribution is -2.29. The van der Waals surface area contributed by atoms with Crippen molar-refractivity contribution in [1.29, 1.82) is 0 Å².